The number of halogens is 2. The van der Waals surface area contributed by atoms with Crippen molar-refractivity contribution in [2.24, 2.45) is 11.7 Å². The van der Waals surface area contributed by atoms with Gasteiger partial charge in [0.05, 0.1) is 8.66 Å². The summed E-state index contributed by atoms with van der Waals surface area (Å²) < 4.78 is 1.85. The van der Waals surface area contributed by atoms with Crippen LogP contribution < -0.4 is 11.1 Å². The second-order valence-corrected chi connectivity index (χ2v) is 7.11. The summed E-state index contributed by atoms with van der Waals surface area (Å²) in [7, 11) is 0. The molecule has 1 aromatic rings. The van der Waals surface area contributed by atoms with E-state index >= 15 is 0 Å². The summed E-state index contributed by atoms with van der Waals surface area (Å²) in [4.78, 5) is 12.6. The van der Waals surface area contributed by atoms with Crippen molar-refractivity contribution in [1.82, 2.24) is 5.32 Å². The zero-order chi connectivity index (χ0) is 11.7. The zero-order valence-electron chi connectivity index (χ0n) is 8.50. The Morgan fingerprint density at radius 1 is 1.62 bits per heavy atom. The molecule has 6 heteroatoms. The maximum absolute atomic E-state index is 11.9. The molecule has 0 bridgehead atoms. The van der Waals surface area contributed by atoms with Crippen LogP contribution in [0.5, 0.6) is 0 Å². The minimum atomic E-state index is -0.0289. The number of hydrogen-bond donors (Lipinski definition) is 2. The molecule has 2 rings (SSSR count). The minimum absolute atomic E-state index is 0.0289. The molecule has 0 radical (unpaired) electrons. The summed E-state index contributed by atoms with van der Waals surface area (Å²) >= 11 is 8.17. The second-order valence-electron chi connectivity index (χ2n) is 3.89. The van der Waals surface area contributed by atoms with Crippen LogP contribution in [0.4, 0.5) is 0 Å². The molecule has 1 aliphatic carbocycles. The van der Waals surface area contributed by atoms with E-state index in [-0.39, 0.29) is 11.9 Å². The maximum Gasteiger partial charge on any atom is 0.261 e. The molecule has 0 aromatic carbocycles. The first-order valence-electron chi connectivity index (χ1n) is 5.07. The van der Waals surface area contributed by atoms with E-state index < -0.39 is 0 Å². The Kier molecular flexibility index (Phi) is 4.05. The Bertz CT molecular complexity index is 384. The fourth-order valence-corrected chi connectivity index (χ4v) is 3.50. The number of carbonyl (C=O) groups is 1. The number of hydrogen-bond acceptors (Lipinski definition) is 3. The van der Waals surface area contributed by atoms with Crippen LogP contribution in [0.2, 0.25) is 0 Å². The standard InChI is InChI=1S/C10H12Br2N2OS/c11-6-3-8(16-9(6)12)10(15)14-7(4-13)5-1-2-5/h3,5,7H,1-2,4,13H2,(H,14,15). The molecule has 1 unspecified atom stereocenters. The summed E-state index contributed by atoms with van der Waals surface area (Å²) in [5.74, 6) is 0.555. The number of nitrogens with two attached hydrogens (primary N) is 1. The maximum atomic E-state index is 11.9. The molecule has 3 nitrogen and oxygen atoms in total. The van der Waals surface area contributed by atoms with E-state index in [0.29, 0.717) is 17.3 Å². The van der Waals surface area contributed by atoms with Gasteiger partial charge < -0.3 is 11.1 Å². The van der Waals surface area contributed by atoms with Crippen LogP contribution in [0.25, 0.3) is 0 Å². The lowest BCUT2D eigenvalue weighted by molar-refractivity contribution is 0.0937. The van der Waals surface area contributed by atoms with E-state index in [1.54, 1.807) is 0 Å². The smallest absolute Gasteiger partial charge is 0.261 e. The predicted octanol–water partition coefficient (Wildman–Crippen LogP) is 2.74. The second kappa shape index (κ2) is 5.16. The molecule has 88 valence electrons. The van der Waals surface area contributed by atoms with Gasteiger partial charge in [0.2, 0.25) is 0 Å². The van der Waals surface area contributed by atoms with Gasteiger partial charge in [-0.3, -0.25) is 4.79 Å². The van der Waals surface area contributed by atoms with E-state index in [2.05, 4.69) is 37.2 Å². The van der Waals surface area contributed by atoms with Gasteiger partial charge in [-0.2, -0.15) is 0 Å². The van der Waals surface area contributed by atoms with Crippen molar-refractivity contribution >= 4 is 49.1 Å². The number of carbonyl (C=O) groups excluding carboxylic acids is 1. The average Bonchev–Trinajstić information content (AvgIpc) is 3.03. The fourth-order valence-electron chi connectivity index (χ4n) is 1.57. The molecule has 1 aliphatic rings. The van der Waals surface area contributed by atoms with Crippen molar-refractivity contribution < 1.29 is 4.79 Å². The molecule has 3 N–H and O–H groups in total. The van der Waals surface area contributed by atoms with E-state index in [0.717, 1.165) is 8.26 Å². The average molecular weight is 368 g/mol. The third kappa shape index (κ3) is 2.85. The van der Waals surface area contributed by atoms with Gasteiger partial charge in [-0.05, 0) is 56.7 Å². The summed E-state index contributed by atoms with van der Waals surface area (Å²) in [5, 5.41) is 2.99. The predicted molar refractivity (Wildman–Crippen MR) is 72.8 cm³/mol. The Morgan fingerprint density at radius 2 is 2.31 bits per heavy atom. The van der Waals surface area contributed by atoms with Crippen molar-refractivity contribution in [2.45, 2.75) is 18.9 Å². The first-order valence-corrected chi connectivity index (χ1v) is 7.48. The topological polar surface area (TPSA) is 55.1 Å². The molecule has 1 saturated carbocycles. The lowest BCUT2D eigenvalue weighted by Gasteiger charge is -2.14. The number of rotatable bonds is 4. The molecule has 0 aliphatic heterocycles. The van der Waals surface area contributed by atoms with Gasteiger partial charge in [0.25, 0.3) is 5.91 Å². The van der Waals surface area contributed by atoms with Gasteiger partial charge in [-0.25, -0.2) is 0 Å². The van der Waals surface area contributed by atoms with Crippen LogP contribution in [-0.4, -0.2) is 18.5 Å². The zero-order valence-corrected chi connectivity index (χ0v) is 12.5. The molecule has 0 spiro atoms. The van der Waals surface area contributed by atoms with Crippen LogP contribution in [0.3, 0.4) is 0 Å². The SMILES string of the molecule is NCC(NC(=O)c1cc(Br)c(Br)s1)C1CC1. The van der Waals surface area contributed by atoms with Crippen LogP contribution in [0.15, 0.2) is 14.3 Å². The van der Waals surface area contributed by atoms with Crippen LogP contribution in [-0.2, 0) is 0 Å². The van der Waals surface area contributed by atoms with Crippen molar-refractivity contribution in [1.29, 1.82) is 0 Å². The summed E-state index contributed by atoms with van der Waals surface area (Å²) in [6, 6.07) is 1.96. The molecular weight excluding hydrogens is 356 g/mol. The van der Waals surface area contributed by atoms with Gasteiger partial charge in [0.15, 0.2) is 0 Å². The van der Waals surface area contributed by atoms with Gasteiger partial charge >= 0.3 is 0 Å². The summed E-state index contributed by atoms with van der Waals surface area (Å²) in [6.45, 7) is 0.518. The number of thiophene rings is 1. The first kappa shape index (κ1) is 12.5. The van der Waals surface area contributed by atoms with E-state index in [1.165, 1.54) is 24.2 Å². The van der Waals surface area contributed by atoms with Crippen LogP contribution in [0.1, 0.15) is 22.5 Å². The molecule has 1 heterocycles. The lowest BCUT2D eigenvalue weighted by atomic mass is 10.2. The molecule has 1 fully saturated rings. The molecule has 1 aromatic heterocycles. The van der Waals surface area contributed by atoms with Gasteiger partial charge in [-0.1, -0.05) is 0 Å². The summed E-state index contributed by atoms with van der Waals surface area (Å²) in [5.41, 5.74) is 5.65. The van der Waals surface area contributed by atoms with Crippen molar-refractivity contribution in [2.75, 3.05) is 6.54 Å². The third-order valence-electron chi connectivity index (χ3n) is 2.63. The van der Waals surface area contributed by atoms with Crippen molar-refractivity contribution in [3.63, 3.8) is 0 Å². The van der Waals surface area contributed by atoms with Crippen molar-refractivity contribution in [3.8, 4) is 0 Å². The highest BCUT2D eigenvalue weighted by atomic mass is 79.9. The normalized spacial score (nSPS) is 17.2. The Morgan fingerprint density at radius 3 is 2.75 bits per heavy atom. The number of nitrogens with one attached hydrogen (secondary N) is 1. The molecule has 1 amide bonds. The number of amides is 1. The molecule has 16 heavy (non-hydrogen) atoms. The molecular formula is C10H12Br2N2OS. The van der Waals surface area contributed by atoms with Gasteiger partial charge in [0, 0.05) is 17.1 Å². The lowest BCUT2D eigenvalue weighted by Crippen LogP contribution is -2.41. The van der Waals surface area contributed by atoms with Gasteiger partial charge in [0.1, 0.15) is 0 Å². The largest absolute Gasteiger partial charge is 0.347 e. The van der Waals surface area contributed by atoms with E-state index in [4.69, 9.17) is 5.73 Å². The monoisotopic (exact) mass is 366 g/mol. The highest BCUT2D eigenvalue weighted by Crippen LogP contribution is 2.34. The van der Waals surface area contributed by atoms with Crippen molar-refractivity contribution in [3.05, 3.63) is 19.2 Å². The van der Waals surface area contributed by atoms with Gasteiger partial charge in [-0.15, -0.1) is 11.3 Å². The third-order valence-corrected chi connectivity index (χ3v) is 5.89. The highest BCUT2D eigenvalue weighted by Gasteiger charge is 2.31. The Balaban J connectivity index is 2.01. The fraction of sp³-hybridized carbons (Fsp3) is 0.500. The molecule has 1 atom stereocenters. The van der Waals surface area contributed by atoms with Crippen LogP contribution >= 0.6 is 43.2 Å². The highest BCUT2D eigenvalue weighted by molar-refractivity contribution is 9.13. The van der Waals surface area contributed by atoms with E-state index in [1.807, 2.05) is 6.07 Å². The van der Waals surface area contributed by atoms with E-state index in [9.17, 15) is 4.79 Å². The summed E-state index contributed by atoms with van der Waals surface area (Å²) in [6.07, 6.45) is 2.36. The Hall–Kier alpha value is 0.0900. The quantitative estimate of drug-likeness (QED) is 0.859. The van der Waals surface area contributed by atoms with Crippen LogP contribution in [0, 0.1) is 5.92 Å². The first-order chi connectivity index (χ1) is 7.61. The molecule has 0 saturated heterocycles. The minimum Gasteiger partial charge on any atom is -0.347 e. The Labute approximate surface area is 115 Å².